The molecule has 2 aromatic carbocycles. The molecule has 1 heterocycles. The minimum atomic E-state index is -4.34. The number of hydrogen-bond acceptors (Lipinski definition) is 3. The van der Waals surface area contributed by atoms with Gasteiger partial charge in [-0.25, -0.2) is 0 Å². The van der Waals surface area contributed by atoms with Crippen LogP contribution in [0.1, 0.15) is 24.0 Å². The molecular weight excluding hydrogens is 367 g/mol. The lowest BCUT2D eigenvalue weighted by Crippen LogP contribution is -2.28. The second-order valence-electron chi connectivity index (χ2n) is 6.06. The number of hydrogen-bond donors (Lipinski definition) is 1. The molecule has 1 fully saturated rings. The van der Waals surface area contributed by atoms with Gasteiger partial charge in [-0.05, 0) is 61.3 Å². The van der Waals surface area contributed by atoms with Crippen LogP contribution >= 0.6 is 12.4 Å². The van der Waals surface area contributed by atoms with Crippen molar-refractivity contribution in [2.45, 2.75) is 31.7 Å². The van der Waals surface area contributed by atoms with Crippen LogP contribution in [-0.4, -0.2) is 19.2 Å². The highest BCUT2D eigenvalue weighted by molar-refractivity contribution is 5.85. The summed E-state index contributed by atoms with van der Waals surface area (Å²) in [6, 6.07) is 12.7. The van der Waals surface area contributed by atoms with E-state index in [2.05, 4.69) is 5.32 Å². The maximum Gasteiger partial charge on any atom is 0.416 e. The number of halogens is 4. The SMILES string of the molecule is Cl.FC(F)(F)c1cccc(COc2ccc(OCC3CCCN3)cc2)c1. The zero-order valence-electron chi connectivity index (χ0n) is 14.1. The monoisotopic (exact) mass is 387 g/mol. The van der Waals surface area contributed by atoms with Crippen molar-refractivity contribution in [1.29, 1.82) is 0 Å². The molecule has 0 aliphatic carbocycles. The van der Waals surface area contributed by atoms with Crippen LogP contribution in [0.3, 0.4) is 0 Å². The summed E-state index contributed by atoms with van der Waals surface area (Å²) < 4.78 is 49.4. The molecule has 1 aliphatic rings. The van der Waals surface area contributed by atoms with Crippen molar-refractivity contribution < 1.29 is 22.6 Å². The van der Waals surface area contributed by atoms with Gasteiger partial charge in [0.2, 0.25) is 0 Å². The molecule has 7 heteroatoms. The molecule has 1 atom stereocenters. The highest BCUT2D eigenvalue weighted by Gasteiger charge is 2.30. The maximum absolute atomic E-state index is 12.7. The van der Waals surface area contributed by atoms with Gasteiger partial charge < -0.3 is 14.8 Å². The van der Waals surface area contributed by atoms with Crippen LogP contribution in [0.4, 0.5) is 13.2 Å². The second kappa shape index (κ2) is 9.14. The van der Waals surface area contributed by atoms with Crippen molar-refractivity contribution >= 4 is 12.4 Å². The number of rotatable bonds is 6. The molecule has 1 aliphatic heterocycles. The summed E-state index contributed by atoms with van der Waals surface area (Å²) in [5.41, 5.74) is -0.194. The third-order valence-electron chi connectivity index (χ3n) is 4.10. The van der Waals surface area contributed by atoms with E-state index in [-0.39, 0.29) is 19.0 Å². The van der Waals surface area contributed by atoms with Gasteiger partial charge >= 0.3 is 6.18 Å². The van der Waals surface area contributed by atoms with Gasteiger partial charge in [0.15, 0.2) is 0 Å². The molecule has 1 unspecified atom stereocenters. The predicted molar refractivity (Wildman–Crippen MR) is 96.0 cm³/mol. The van der Waals surface area contributed by atoms with Crippen LogP contribution in [0.2, 0.25) is 0 Å². The van der Waals surface area contributed by atoms with Crippen LogP contribution < -0.4 is 14.8 Å². The van der Waals surface area contributed by atoms with E-state index in [0.29, 0.717) is 24.0 Å². The molecule has 0 spiro atoms. The van der Waals surface area contributed by atoms with E-state index in [1.807, 2.05) is 0 Å². The van der Waals surface area contributed by atoms with Crippen LogP contribution in [0.15, 0.2) is 48.5 Å². The summed E-state index contributed by atoms with van der Waals surface area (Å²) in [5.74, 6) is 1.34. The molecule has 0 aromatic heterocycles. The van der Waals surface area contributed by atoms with Gasteiger partial charge in [-0.3, -0.25) is 0 Å². The molecule has 3 rings (SSSR count). The number of alkyl halides is 3. The Labute approximate surface area is 156 Å². The lowest BCUT2D eigenvalue weighted by molar-refractivity contribution is -0.137. The first-order valence-corrected chi connectivity index (χ1v) is 8.26. The van der Waals surface area contributed by atoms with Crippen LogP contribution in [-0.2, 0) is 12.8 Å². The molecule has 2 aromatic rings. The first-order chi connectivity index (χ1) is 12.0. The van der Waals surface area contributed by atoms with E-state index < -0.39 is 11.7 Å². The van der Waals surface area contributed by atoms with Crippen molar-refractivity contribution in [2.24, 2.45) is 0 Å². The minimum Gasteiger partial charge on any atom is -0.492 e. The van der Waals surface area contributed by atoms with Crippen molar-refractivity contribution in [3.8, 4) is 11.5 Å². The number of benzene rings is 2. The maximum atomic E-state index is 12.7. The molecule has 1 saturated heterocycles. The lowest BCUT2D eigenvalue weighted by Gasteiger charge is -2.13. The average molecular weight is 388 g/mol. The number of nitrogens with one attached hydrogen (secondary N) is 1. The molecule has 0 amide bonds. The summed E-state index contributed by atoms with van der Waals surface area (Å²) in [6.07, 6.45) is -2.04. The number of ether oxygens (including phenoxy) is 2. The fourth-order valence-corrected chi connectivity index (χ4v) is 2.73. The Bertz CT molecular complexity index is 686. The van der Waals surface area contributed by atoms with Gasteiger partial charge in [-0.2, -0.15) is 13.2 Å². The molecule has 0 saturated carbocycles. The molecule has 142 valence electrons. The van der Waals surface area contributed by atoms with E-state index in [0.717, 1.165) is 30.8 Å². The normalized spacial score (nSPS) is 16.8. The van der Waals surface area contributed by atoms with Crippen molar-refractivity contribution in [3.05, 3.63) is 59.7 Å². The van der Waals surface area contributed by atoms with E-state index in [4.69, 9.17) is 9.47 Å². The Morgan fingerprint density at radius 1 is 1.00 bits per heavy atom. The molecule has 26 heavy (non-hydrogen) atoms. The summed E-state index contributed by atoms with van der Waals surface area (Å²) in [6.45, 7) is 1.75. The smallest absolute Gasteiger partial charge is 0.416 e. The van der Waals surface area contributed by atoms with Gasteiger partial charge in [0.05, 0.1) is 5.56 Å². The first kappa shape index (κ1) is 20.4. The Morgan fingerprint density at radius 3 is 2.31 bits per heavy atom. The largest absolute Gasteiger partial charge is 0.492 e. The molecule has 1 N–H and O–H groups in total. The summed E-state index contributed by atoms with van der Waals surface area (Å²) >= 11 is 0. The van der Waals surface area contributed by atoms with Gasteiger partial charge in [0.25, 0.3) is 0 Å². The summed E-state index contributed by atoms with van der Waals surface area (Å²) in [5, 5.41) is 3.36. The average Bonchev–Trinajstić information content (AvgIpc) is 3.12. The zero-order valence-corrected chi connectivity index (χ0v) is 14.9. The van der Waals surface area contributed by atoms with Crippen LogP contribution in [0.25, 0.3) is 0 Å². The van der Waals surface area contributed by atoms with Gasteiger partial charge in [0.1, 0.15) is 24.7 Å². The Balaban J connectivity index is 0.00000243. The van der Waals surface area contributed by atoms with Crippen molar-refractivity contribution in [1.82, 2.24) is 5.32 Å². The van der Waals surface area contributed by atoms with Gasteiger partial charge in [-0.1, -0.05) is 12.1 Å². The van der Waals surface area contributed by atoms with Gasteiger partial charge in [0, 0.05) is 6.04 Å². The van der Waals surface area contributed by atoms with Crippen LogP contribution in [0, 0.1) is 0 Å². The Kier molecular flexibility index (Phi) is 7.17. The standard InChI is InChI=1S/C19H20F3NO2.ClH/c20-19(21,22)15-4-1-3-14(11-15)12-24-17-6-8-18(9-7-17)25-13-16-5-2-10-23-16;/h1,3-4,6-9,11,16,23H,2,5,10,12-13H2;1H. The molecule has 0 radical (unpaired) electrons. The quantitative estimate of drug-likeness (QED) is 0.769. The highest BCUT2D eigenvalue weighted by atomic mass is 35.5. The van der Waals surface area contributed by atoms with Crippen LogP contribution in [0.5, 0.6) is 11.5 Å². The topological polar surface area (TPSA) is 30.5 Å². The molecule has 0 bridgehead atoms. The Morgan fingerprint density at radius 2 is 1.69 bits per heavy atom. The zero-order chi connectivity index (χ0) is 17.7. The van der Waals surface area contributed by atoms with E-state index in [1.165, 1.54) is 12.5 Å². The van der Waals surface area contributed by atoms with E-state index in [9.17, 15) is 13.2 Å². The summed E-state index contributed by atoms with van der Waals surface area (Å²) in [4.78, 5) is 0. The van der Waals surface area contributed by atoms with Gasteiger partial charge in [-0.15, -0.1) is 12.4 Å². The molecular formula is C19H21ClF3NO2. The third kappa shape index (κ3) is 5.81. The fourth-order valence-electron chi connectivity index (χ4n) is 2.73. The van der Waals surface area contributed by atoms with Crippen molar-refractivity contribution in [3.63, 3.8) is 0 Å². The minimum absolute atomic E-state index is 0. The predicted octanol–water partition coefficient (Wildman–Crippen LogP) is 4.84. The Hall–Kier alpha value is -1.92. The summed E-state index contributed by atoms with van der Waals surface area (Å²) in [7, 11) is 0. The molecule has 3 nitrogen and oxygen atoms in total. The lowest BCUT2D eigenvalue weighted by atomic mass is 10.1. The highest BCUT2D eigenvalue weighted by Crippen LogP contribution is 2.29. The first-order valence-electron chi connectivity index (χ1n) is 8.26. The third-order valence-corrected chi connectivity index (χ3v) is 4.10. The van der Waals surface area contributed by atoms with E-state index >= 15 is 0 Å². The fraction of sp³-hybridized carbons (Fsp3) is 0.368. The van der Waals surface area contributed by atoms with Crippen molar-refractivity contribution in [2.75, 3.05) is 13.2 Å². The second-order valence-corrected chi connectivity index (χ2v) is 6.06. The van der Waals surface area contributed by atoms with E-state index in [1.54, 1.807) is 30.3 Å².